The van der Waals surface area contributed by atoms with E-state index in [1.807, 2.05) is 57.4 Å². The fourth-order valence-electron chi connectivity index (χ4n) is 3.04. The Bertz CT molecular complexity index is 744. The summed E-state index contributed by atoms with van der Waals surface area (Å²) in [4.78, 5) is 16.8. The molecule has 108 valence electrons. The first-order chi connectivity index (χ1) is 10.0. The van der Waals surface area contributed by atoms with E-state index in [2.05, 4.69) is 23.1 Å². The minimum absolute atomic E-state index is 0.173. The van der Waals surface area contributed by atoms with Crippen molar-refractivity contribution in [2.24, 2.45) is 0 Å². The predicted octanol–water partition coefficient (Wildman–Crippen LogP) is 3.05. The van der Waals surface area contributed by atoms with Crippen LogP contribution in [0, 0.1) is 0 Å². The zero-order chi connectivity index (χ0) is 15.1. The first kappa shape index (κ1) is 13.8. The van der Waals surface area contributed by atoms with Gasteiger partial charge >= 0.3 is 0 Å². The Kier molecular flexibility index (Phi) is 3.30. The zero-order valence-electron chi connectivity index (χ0n) is 12.9. The lowest BCUT2D eigenvalue weighted by atomic mass is 9.88. The van der Waals surface area contributed by atoms with Crippen LogP contribution in [0.5, 0.6) is 0 Å². The summed E-state index contributed by atoms with van der Waals surface area (Å²) in [5.74, 6) is 0.173. The monoisotopic (exact) mass is 280 g/mol. The maximum atomic E-state index is 12.8. The predicted molar refractivity (Wildman–Crippen MR) is 89.1 cm³/mol. The molecule has 0 fully saturated rings. The minimum atomic E-state index is -0.173. The van der Waals surface area contributed by atoms with E-state index >= 15 is 0 Å². The summed E-state index contributed by atoms with van der Waals surface area (Å²) in [5.41, 5.74) is 2.96. The molecule has 0 spiro atoms. The van der Waals surface area contributed by atoms with Crippen LogP contribution in [0.4, 0.5) is 5.69 Å². The highest BCUT2D eigenvalue weighted by Gasteiger charge is 2.28. The zero-order valence-corrected chi connectivity index (χ0v) is 12.9. The number of carbonyl (C=O) groups is 1. The summed E-state index contributed by atoms with van der Waals surface area (Å²) in [6, 6.07) is 10.1. The molecule has 0 saturated heterocycles. The Morgan fingerprint density at radius 2 is 1.76 bits per heavy atom. The van der Waals surface area contributed by atoms with Gasteiger partial charge in [-0.2, -0.15) is 0 Å². The van der Waals surface area contributed by atoms with Gasteiger partial charge in [0.05, 0.1) is 11.7 Å². The van der Waals surface area contributed by atoms with E-state index in [-0.39, 0.29) is 11.8 Å². The van der Waals surface area contributed by atoms with E-state index < -0.39 is 0 Å². The summed E-state index contributed by atoms with van der Waals surface area (Å²) in [7, 11) is 7.93. The van der Waals surface area contributed by atoms with Crippen LogP contribution in [0.2, 0.25) is 0 Å². The summed E-state index contributed by atoms with van der Waals surface area (Å²) in [6.45, 7) is 0. The largest absolute Gasteiger partial charge is 0.377 e. The Balaban J connectivity index is 2.33. The second-order valence-electron chi connectivity index (χ2n) is 5.93. The molecular formula is C18H20N2O. The maximum absolute atomic E-state index is 12.8. The molecule has 3 heteroatoms. The summed E-state index contributed by atoms with van der Waals surface area (Å²) < 4.78 is 0. The summed E-state index contributed by atoms with van der Waals surface area (Å²) in [6.07, 6.45) is 4.08. The Hall–Kier alpha value is -2.13. The lowest BCUT2D eigenvalue weighted by Gasteiger charge is -2.28. The van der Waals surface area contributed by atoms with Crippen LogP contribution in [0.25, 0.3) is 16.8 Å². The lowest BCUT2D eigenvalue weighted by Crippen LogP contribution is -2.36. The van der Waals surface area contributed by atoms with Gasteiger partial charge in [0.25, 0.3) is 0 Å². The first-order valence-corrected chi connectivity index (χ1v) is 7.12. The van der Waals surface area contributed by atoms with Crippen LogP contribution in [0.3, 0.4) is 0 Å². The number of carbonyl (C=O) groups excluding carboxylic acids is 1. The Morgan fingerprint density at radius 3 is 2.43 bits per heavy atom. The fourth-order valence-corrected chi connectivity index (χ4v) is 3.04. The molecule has 1 aliphatic rings. The quantitative estimate of drug-likeness (QED) is 0.844. The molecule has 1 atom stereocenters. The number of hydrogen-bond acceptors (Lipinski definition) is 3. The number of anilines is 1. The van der Waals surface area contributed by atoms with Gasteiger partial charge in [0.15, 0.2) is 5.78 Å². The normalized spacial score (nSPS) is 17.4. The molecule has 2 aromatic carbocycles. The summed E-state index contributed by atoms with van der Waals surface area (Å²) >= 11 is 0. The van der Waals surface area contributed by atoms with E-state index in [4.69, 9.17) is 0 Å². The average Bonchev–Trinajstić information content (AvgIpc) is 2.45. The number of ketones is 1. The van der Waals surface area contributed by atoms with Gasteiger partial charge in [-0.1, -0.05) is 36.4 Å². The summed E-state index contributed by atoms with van der Waals surface area (Å²) in [5, 5.41) is 2.29. The van der Waals surface area contributed by atoms with Crippen molar-refractivity contribution in [2.45, 2.75) is 6.04 Å². The Labute approximate surface area is 125 Å². The molecule has 0 bridgehead atoms. The minimum Gasteiger partial charge on any atom is -0.377 e. The molecule has 0 heterocycles. The van der Waals surface area contributed by atoms with Crippen molar-refractivity contribution in [1.29, 1.82) is 0 Å². The number of benzene rings is 2. The average molecular weight is 280 g/mol. The van der Waals surface area contributed by atoms with Crippen LogP contribution < -0.4 is 4.90 Å². The van der Waals surface area contributed by atoms with E-state index in [1.54, 1.807) is 0 Å². The molecule has 0 N–H and O–H groups in total. The molecule has 3 nitrogen and oxygen atoms in total. The molecule has 0 radical (unpaired) electrons. The number of likely N-dealkylation sites (N-methyl/N-ethyl adjacent to an activating group) is 1. The number of rotatable bonds is 2. The molecule has 3 rings (SSSR count). The Morgan fingerprint density at radius 1 is 1.05 bits per heavy atom. The number of fused-ring (bicyclic) bond motifs is 2. The fraction of sp³-hybridized carbons (Fsp3) is 0.278. The van der Waals surface area contributed by atoms with Crippen LogP contribution in [-0.4, -0.2) is 44.9 Å². The lowest BCUT2D eigenvalue weighted by molar-refractivity contribution is 0.0910. The van der Waals surface area contributed by atoms with Crippen molar-refractivity contribution in [3.8, 4) is 0 Å². The van der Waals surface area contributed by atoms with Crippen LogP contribution in [0.15, 0.2) is 36.4 Å². The third-order valence-corrected chi connectivity index (χ3v) is 4.04. The maximum Gasteiger partial charge on any atom is 0.184 e. The molecule has 0 aliphatic heterocycles. The van der Waals surface area contributed by atoms with Gasteiger partial charge in [-0.05, 0) is 25.5 Å². The SMILES string of the molecule is CN(C)c1c2c(cc3ccccc13)C(=O)C(N(C)C)C=C2. The van der Waals surface area contributed by atoms with E-state index in [9.17, 15) is 4.79 Å². The standard InChI is InChI=1S/C18H20N2O/c1-19(2)16-10-9-14-15(18(16)21)11-12-7-5-6-8-13(12)17(14)20(3)4/h5-11,16H,1-4H3. The molecular weight excluding hydrogens is 260 g/mol. The topological polar surface area (TPSA) is 23.6 Å². The van der Waals surface area contributed by atoms with Crippen molar-refractivity contribution in [3.05, 3.63) is 47.5 Å². The van der Waals surface area contributed by atoms with Crippen molar-refractivity contribution in [1.82, 2.24) is 4.90 Å². The van der Waals surface area contributed by atoms with Gasteiger partial charge in [-0.3, -0.25) is 9.69 Å². The van der Waals surface area contributed by atoms with Crippen molar-refractivity contribution in [3.63, 3.8) is 0 Å². The second kappa shape index (κ2) is 5.01. The van der Waals surface area contributed by atoms with E-state index in [1.165, 1.54) is 5.39 Å². The smallest absolute Gasteiger partial charge is 0.184 e. The van der Waals surface area contributed by atoms with Gasteiger partial charge in [-0.25, -0.2) is 0 Å². The second-order valence-corrected chi connectivity index (χ2v) is 5.93. The number of Topliss-reactive ketones (excluding diaryl/α,β-unsaturated/α-hetero) is 1. The highest BCUT2D eigenvalue weighted by molar-refractivity contribution is 6.13. The number of hydrogen-bond donors (Lipinski definition) is 0. The van der Waals surface area contributed by atoms with Crippen molar-refractivity contribution in [2.75, 3.05) is 33.1 Å². The third-order valence-electron chi connectivity index (χ3n) is 4.04. The first-order valence-electron chi connectivity index (χ1n) is 7.12. The number of nitrogens with zero attached hydrogens (tertiary/aromatic N) is 2. The van der Waals surface area contributed by atoms with Gasteiger partial charge in [-0.15, -0.1) is 0 Å². The van der Waals surface area contributed by atoms with Gasteiger partial charge in [0.2, 0.25) is 0 Å². The van der Waals surface area contributed by atoms with Gasteiger partial charge < -0.3 is 4.90 Å². The van der Waals surface area contributed by atoms with Crippen LogP contribution in [0.1, 0.15) is 15.9 Å². The highest BCUT2D eigenvalue weighted by atomic mass is 16.1. The molecule has 0 saturated carbocycles. The molecule has 1 unspecified atom stereocenters. The highest BCUT2D eigenvalue weighted by Crippen LogP contribution is 2.36. The van der Waals surface area contributed by atoms with Crippen molar-refractivity contribution < 1.29 is 4.79 Å². The third kappa shape index (κ3) is 2.14. The van der Waals surface area contributed by atoms with E-state index in [0.29, 0.717) is 0 Å². The van der Waals surface area contributed by atoms with Gasteiger partial charge in [0, 0.05) is 30.6 Å². The van der Waals surface area contributed by atoms with Crippen LogP contribution in [-0.2, 0) is 0 Å². The van der Waals surface area contributed by atoms with Crippen molar-refractivity contribution >= 4 is 28.3 Å². The molecule has 1 aliphatic carbocycles. The molecule has 0 aromatic heterocycles. The molecule has 2 aromatic rings. The molecule has 21 heavy (non-hydrogen) atoms. The van der Waals surface area contributed by atoms with Crippen LogP contribution >= 0.6 is 0 Å². The van der Waals surface area contributed by atoms with Gasteiger partial charge in [0.1, 0.15) is 0 Å². The van der Waals surface area contributed by atoms with E-state index in [0.717, 1.165) is 22.2 Å². The molecule has 0 amide bonds.